The van der Waals surface area contributed by atoms with E-state index >= 15 is 0 Å². The first-order valence-electron chi connectivity index (χ1n) is 12.3. The van der Waals surface area contributed by atoms with E-state index in [4.69, 9.17) is 20.3 Å². The second-order valence-electron chi connectivity index (χ2n) is 8.30. The fraction of sp³-hybridized carbons (Fsp3) is 0.241. The van der Waals surface area contributed by atoms with E-state index in [1.807, 2.05) is 42.7 Å². The van der Waals surface area contributed by atoms with Crippen LogP contribution < -0.4 is 21.1 Å². The highest BCUT2D eigenvalue weighted by atomic mass is 32.2. The number of aliphatic hydroxyl groups excluding tert-OH is 1. The number of thioether (sulfide) groups is 1. The molecule has 38 heavy (non-hydrogen) atoms. The molecule has 0 radical (unpaired) electrons. The smallest absolute Gasteiger partial charge is 0.412 e. The van der Waals surface area contributed by atoms with Gasteiger partial charge in [-0.25, -0.2) is 4.79 Å². The molecule has 1 atom stereocenters. The lowest BCUT2D eigenvalue weighted by atomic mass is 10.0. The van der Waals surface area contributed by atoms with Crippen LogP contribution in [0.3, 0.4) is 0 Å². The van der Waals surface area contributed by atoms with Gasteiger partial charge in [0.15, 0.2) is 0 Å². The molecule has 0 spiro atoms. The number of nitrogen functional groups attached to an aromatic ring is 1. The number of unbranched alkanes of at least 4 members (excludes halogenated alkanes) is 1. The first-order chi connectivity index (χ1) is 18.5. The number of aliphatic hydroxyl groups is 1. The minimum Gasteiger partial charge on any atom is -0.491 e. The highest BCUT2D eigenvalue weighted by Gasteiger charge is 2.18. The molecule has 0 heterocycles. The Morgan fingerprint density at radius 3 is 2.58 bits per heavy atom. The Hall–Kier alpha value is -3.95. The number of ether oxygens (including phenoxy) is 2. The fourth-order valence-electron chi connectivity index (χ4n) is 3.61. The second-order valence-corrected chi connectivity index (χ2v) is 9.18. The SMILES string of the molecule is CSc1ccc(NC(=O)O[C@H](CCC/C=C/C(=O)Nc2ccccc2N)c2cccc(OCCO)c2)cc1. The van der Waals surface area contributed by atoms with Gasteiger partial charge in [0.05, 0.1) is 18.0 Å². The summed E-state index contributed by atoms with van der Waals surface area (Å²) < 4.78 is 11.3. The van der Waals surface area contributed by atoms with Crippen LogP contribution in [-0.4, -0.2) is 36.6 Å². The molecule has 0 unspecified atom stereocenters. The topological polar surface area (TPSA) is 123 Å². The molecule has 0 aliphatic rings. The van der Waals surface area contributed by atoms with Crippen LogP contribution in [-0.2, 0) is 9.53 Å². The fourth-order valence-corrected chi connectivity index (χ4v) is 4.02. The van der Waals surface area contributed by atoms with Gasteiger partial charge in [-0.05, 0) is 85.7 Å². The highest BCUT2D eigenvalue weighted by molar-refractivity contribution is 7.98. The molecule has 0 saturated carbocycles. The van der Waals surface area contributed by atoms with Crippen LogP contribution in [0.15, 0.2) is 89.8 Å². The summed E-state index contributed by atoms with van der Waals surface area (Å²) in [6, 6.07) is 21.8. The van der Waals surface area contributed by atoms with E-state index in [9.17, 15) is 9.59 Å². The zero-order valence-electron chi connectivity index (χ0n) is 21.3. The number of anilines is 3. The van der Waals surface area contributed by atoms with Crippen LogP contribution in [0, 0.1) is 0 Å². The van der Waals surface area contributed by atoms with Crippen LogP contribution in [0.2, 0.25) is 0 Å². The van der Waals surface area contributed by atoms with Gasteiger partial charge in [-0.2, -0.15) is 0 Å². The van der Waals surface area contributed by atoms with E-state index in [0.29, 0.717) is 42.1 Å². The highest BCUT2D eigenvalue weighted by Crippen LogP contribution is 2.28. The number of hydrogen-bond acceptors (Lipinski definition) is 7. The van der Waals surface area contributed by atoms with Crippen molar-refractivity contribution in [2.24, 2.45) is 0 Å². The molecule has 0 bridgehead atoms. The zero-order valence-corrected chi connectivity index (χ0v) is 22.1. The molecule has 0 saturated heterocycles. The van der Waals surface area contributed by atoms with Crippen molar-refractivity contribution in [3.8, 4) is 5.75 Å². The summed E-state index contributed by atoms with van der Waals surface area (Å²) >= 11 is 1.62. The van der Waals surface area contributed by atoms with Gasteiger partial charge in [-0.1, -0.05) is 30.3 Å². The molecule has 3 rings (SSSR count). The lowest BCUT2D eigenvalue weighted by Gasteiger charge is -2.19. The summed E-state index contributed by atoms with van der Waals surface area (Å²) in [5, 5.41) is 14.6. The molecule has 0 aliphatic heterocycles. The van der Waals surface area contributed by atoms with E-state index in [1.165, 1.54) is 6.08 Å². The molecule has 200 valence electrons. The summed E-state index contributed by atoms with van der Waals surface area (Å²) in [7, 11) is 0. The van der Waals surface area contributed by atoms with Gasteiger partial charge in [-0.3, -0.25) is 10.1 Å². The minimum absolute atomic E-state index is 0.0985. The molecule has 0 aliphatic carbocycles. The van der Waals surface area contributed by atoms with Crippen LogP contribution in [0.1, 0.15) is 30.9 Å². The van der Waals surface area contributed by atoms with E-state index in [1.54, 1.807) is 54.2 Å². The van der Waals surface area contributed by atoms with Crippen molar-refractivity contribution in [2.45, 2.75) is 30.3 Å². The van der Waals surface area contributed by atoms with Crippen LogP contribution in [0.5, 0.6) is 5.75 Å². The first kappa shape index (κ1) is 28.6. The molecular formula is C29H33N3O5S. The maximum atomic E-state index is 12.7. The number of nitrogens with one attached hydrogen (secondary N) is 2. The third-order valence-electron chi connectivity index (χ3n) is 5.50. The van der Waals surface area contributed by atoms with Crippen molar-refractivity contribution >= 4 is 40.8 Å². The number of para-hydroxylation sites is 2. The van der Waals surface area contributed by atoms with Crippen LogP contribution in [0.25, 0.3) is 0 Å². The van der Waals surface area contributed by atoms with Crippen molar-refractivity contribution < 1.29 is 24.2 Å². The maximum Gasteiger partial charge on any atom is 0.412 e. The predicted molar refractivity (Wildman–Crippen MR) is 153 cm³/mol. The number of allylic oxidation sites excluding steroid dienone is 1. The summed E-state index contributed by atoms with van der Waals surface area (Å²) in [6.45, 7) is 0.0711. The molecule has 9 heteroatoms. The van der Waals surface area contributed by atoms with Crippen molar-refractivity contribution in [1.29, 1.82) is 0 Å². The standard InChI is InChI=1S/C29H33N3O5S/c1-38-24-16-14-22(15-17-24)31-29(35)37-27(21-8-7-9-23(20-21)36-19-18-33)12-3-2-4-13-28(34)32-26-11-6-5-10-25(26)30/h4-11,13-17,20,27,33H,2-3,12,18-19,30H2,1H3,(H,31,35)(H,32,34)/b13-4+/t27-/m1/s1. The predicted octanol–water partition coefficient (Wildman–Crippen LogP) is 6.02. The van der Waals surface area contributed by atoms with Crippen molar-refractivity contribution in [3.63, 3.8) is 0 Å². The summed E-state index contributed by atoms with van der Waals surface area (Å²) in [5.74, 6) is 0.311. The summed E-state index contributed by atoms with van der Waals surface area (Å²) in [6.07, 6.45) is 5.93. The normalized spacial score (nSPS) is 11.6. The van der Waals surface area contributed by atoms with Gasteiger partial charge in [0, 0.05) is 10.6 Å². The Morgan fingerprint density at radius 1 is 1.05 bits per heavy atom. The lowest BCUT2D eigenvalue weighted by molar-refractivity contribution is -0.111. The van der Waals surface area contributed by atoms with E-state index in [2.05, 4.69) is 10.6 Å². The first-order valence-corrected chi connectivity index (χ1v) is 13.5. The van der Waals surface area contributed by atoms with E-state index < -0.39 is 12.2 Å². The monoisotopic (exact) mass is 535 g/mol. The Kier molecular flexibility index (Phi) is 11.5. The van der Waals surface area contributed by atoms with E-state index in [-0.39, 0.29) is 19.1 Å². The Morgan fingerprint density at radius 2 is 1.84 bits per heavy atom. The number of carbonyl (C=O) groups excluding carboxylic acids is 2. The molecule has 8 nitrogen and oxygen atoms in total. The van der Waals surface area contributed by atoms with Crippen molar-refractivity contribution in [2.75, 3.05) is 35.8 Å². The molecule has 3 aromatic rings. The lowest BCUT2D eigenvalue weighted by Crippen LogP contribution is -2.18. The number of amides is 2. The minimum atomic E-state index is -0.566. The molecule has 0 fully saturated rings. The van der Waals surface area contributed by atoms with E-state index in [0.717, 1.165) is 10.5 Å². The number of rotatable bonds is 13. The quantitative estimate of drug-likeness (QED) is 0.0914. The van der Waals surface area contributed by atoms with Gasteiger partial charge in [0.2, 0.25) is 5.91 Å². The average Bonchev–Trinajstić information content (AvgIpc) is 2.93. The van der Waals surface area contributed by atoms with Crippen molar-refractivity contribution in [1.82, 2.24) is 0 Å². The zero-order chi connectivity index (χ0) is 27.2. The second kappa shape index (κ2) is 15.3. The number of hydrogen-bond donors (Lipinski definition) is 4. The molecule has 0 aromatic heterocycles. The van der Waals surface area contributed by atoms with Gasteiger partial charge < -0.3 is 25.6 Å². The number of benzene rings is 3. The van der Waals surface area contributed by atoms with Gasteiger partial charge in [-0.15, -0.1) is 11.8 Å². The Bertz CT molecular complexity index is 1220. The summed E-state index contributed by atoms with van der Waals surface area (Å²) in [4.78, 5) is 26.0. The van der Waals surface area contributed by atoms with Crippen LogP contribution in [0.4, 0.5) is 21.9 Å². The molecule has 3 aromatic carbocycles. The molecular weight excluding hydrogens is 502 g/mol. The van der Waals surface area contributed by atoms with Crippen molar-refractivity contribution in [3.05, 3.63) is 90.5 Å². The molecule has 2 amide bonds. The average molecular weight is 536 g/mol. The number of carbonyl (C=O) groups is 2. The third kappa shape index (κ3) is 9.49. The Balaban J connectivity index is 1.60. The molecule has 5 N–H and O–H groups in total. The third-order valence-corrected chi connectivity index (χ3v) is 6.24. The van der Waals surface area contributed by atoms with Gasteiger partial charge in [0.1, 0.15) is 18.5 Å². The maximum absolute atomic E-state index is 12.7. The Labute approximate surface area is 227 Å². The van der Waals surface area contributed by atoms with Gasteiger partial charge >= 0.3 is 6.09 Å². The largest absolute Gasteiger partial charge is 0.491 e. The van der Waals surface area contributed by atoms with Crippen LogP contribution >= 0.6 is 11.8 Å². The van der Waals surface area contributed by atoms with Gasteiger partial charge in [0.25, 0.3) is 0 Å². The number of nitrogens with two attached hydrogens (primary N) is 1. The summed E-state index contributed by atoms with van der Waals surface area (Å²) in [5.41, 5.74) is 8.34.